The molecule has 104 valence electrons. The maximum atomic E-state index is 12.5. The van der Waals surface area contributed by atoms with Crippen molar-refractivity contribution in [3.8, 4) is 0 Å². The molecule has 1 amide bonds. The van der Waals surface area contributed by atoms with Gasteiger partial charge in [-0.2, -0.15) is 0 Å². The van der Waals surface area contributed by atoms with Crippen molar-refractivity contribution in [3.05, 3.63) is 0 Å². The Morgan fingerprint density at radius 2 is 2.00 bits per heavy atom. The van der Waals surface area contributed by atoms with Crippen molar-refractivity contribution in [3.63, 3.8) is 0 Å². The Kier molecular flexibility index (Phi) is 5.01. The minimum Gasteiger partial charge on any atom is -0.365 e. The first-order valence-electron chi connectivity index (χ1n) is 7.38. The standard InChI is InChI=1S/C14H26N2O2/c1-11-7-8-13(18-11)14(17)16(10-4-9-15)12-5-2-3-6-12/h11-13H,2-10,15H2,1H3. The quantitative estimate of drug-likeness (QED) is 0.812. The molecule has 1 saturated heterocycles. The van der Waals surface area contributed by atoms with E-state index in [1.165, 1.54) is 12.8 Å². The number of carbonyl (C=O) groups is 1. The van der Waals surface area contributed by atoms with Crippen LogP contribution in [0.5, 0.6) is 0 Å². The number of amides is 1. The van der Waals surface area contributed by atoms with E-state index in [0.717, 1.165) is 38.6 Å². The van der Waals surface area contributed by atoms with Gasteiger partial charge in [0.25, 0.3) is 5.91 Å². The first kappa shape index (κ1) is 13.8. The maximum absolute atomic E-state index is 12.5. The lowest BCUT2D eigenvalue weighted by molar-refractivity contribution is -0.145. The Labute approximate surface area is 110 Å². The summed E-state index contributed by atoms with van der Waals surface area (Å²) in [6.45, 7) is 3.50. The van der Waals surface area contributed by atoms with Crippen molar-refractivity contribution in [1.29, 1.82) is 0 Å². The van der Waals surface area contributed by atoms with Gasteiger partial charge in [-0.3, -0.25) is 4.79 Å². The predicted molar refractivity (Wildman–Crippen MR) is 71.2 cm³/mol. The molecule has 2 atom stereocenters. The van der Waals surface area contributed by atoms with Crippen LogP contribution in [0.4, 0.5) is 0 Å². The normalized spacial score (nSPS) is 28.8. The van der Waals surface area contributed by atoms with Gasteiger partial charge in [0.15, 0.2) is 0 Å². The Morgan fingerprint density at radius 1 is 1.28 bits per heavy atom. The zero-order chi connectivity index (χ0) is 13.0. The van der Waals surface area contributed by atoms with Crippen LogP contribution < -0.4 is 5.73 Å². The Morgan fingerprint density at radius 3 is 2.56 bits per heavy atom. The second-order valence-corrected chi connectivity index (χ2v) is 5.62. The summed E-state index contributed by atoms with van der Waals surface area (Å²) in [4.78, 5) is 14.6. The Bertz CT molecular complexity index is 277. The zero-order valence-electron chi connectivity index (χ0n) is 11.4. The van der Waals surface area contributed by atoms with Gasteiger partial charge in [-0.15, -0.1) is 0 Å². The van der Waals surface area contributed by atoms with Crippen LogP contribution in [-0.2, 0) is 9.53 Å². The highest BCUT2D eigenvalue weighted by molar-refractivity contribution is 5.81. The molecule has 1 aliphatic carbocycles. The van der Waals surface area contributed by atoms with Crippen LogP contribution in [0.1, 0.15) is 51.9 Å². The Balaban J connectivity index is 1.95. The van der Waals surface area contributed by atoms with Gasteiger partial charge in [-0.25, -0.2) is 0 Å². The van der Waals surface area contributed by atoms with Crippen molar-refractivity contribution in [2.24, 2.45) is 5.73 Å². The molecule has 1 saturated carbocycles. The molecule has 2 unspecified atom stereocenters. The van der Waals surface area contributed by atoms with Crippen LogP contribution in [0.15, 0.2) is 0 Å². The molecule has 0 bridgehead atoms. The molecule has 0 aromatic carbocycles. The van der Waals surface area contributed by atoms with Gasteiger partial charge in [0.1, 0.15) is 6.10 Å². The second-order valence-electron chi connectivity index (χ2n) is 5.62. The lowest BCUT2D eigenvalue weighted by Gasteiger charge is -2.31. The fourth-order valence-electron chi connectivity index (χ4n) is 3.12. The number of ether oxygens (including phenoxy) is 1. The van der Waals surface area contributed by atoms with E-state index >= 15 is 0 Å². The molecular formula is C14H26N2O2. The van der Waals surface area contributed by atoms with E-state index in [1.54, 1.807) is 0 Å². The monoisotopic (exact) mass is 254 g/mol. The molecule has 1 heterocycles. The van der Waals surface area contributed by atoms with Gasteiger partial charge >= 0.3 is 0 Å². The maximum Gasteiger partial charge on any atom is 0.251 e. The summed E-state index contributed by atoms with van der Waals surface area (Å²) < 4.78 is 5.72. The zero-order valence-corrected chi connectivity index (χ0v) is 11.4. The third kappa shape index (κ3) is 3.23. The van der Waals surface area contributed by atoms with E-state index in [9.17, 15) is 4.79 Å². The van der Waals surface area contributed by atoms with Gasteiger partial charge in [0.05, 0.1) is 6.10 Å². The smallest absolute Gasteiger partial charge is 0.251 e. The Hall–Kier alpha value is -0.610. The third-order valence-electron chi connectivity index (χ3n) is 4.16. The summed E-state index contributed by atoms with van der Waals surface area (Å²) in [7, 11) is 0. The first-order chi connectivity index (χ1) is 8.72. The fraction of sp³-hybridized carbons (Fsp3) is 0.929. The lowest BCUT2D eigenvalue weighted by Crippen LogP contribution is -2.45. The summed E-state index contributed by atoms with van der Waals surface area (Å²) in [5.74, 6) is 0.208. The summed E-state index contributed by atoms with van der Waals surface area (Å²) in [5.41, 5.74) is 5.58. The van der Waals surface area contributed by atoms with Crippen LogP contribution in [0.3, 0.4) is 0 Å². The van der Waals surface area contributed by atoms with Gasteiger partial charge in [-0.05, 0) is 45.6 Å². The van der Waals surface area contributed by atoms with E-state index in [0.29, 0.717) is 12.6 Å². The number of carbonyl (C=O) groups excluding carboxylic acids is 1. The van der Waals surface area contributed by atoms with Crippen LogP contribution in [-0.4, -0.2) is 42.1 Å². The molecule has 1 aliphatic heterocycles. The van der Waals surface area contributed by atoms with E-state index in [1.807, 2.05) is 6.92 Å². The highest BCUT2D eigenvalue weighted by Crippen LogP contribution is 2.27. The van der Waals surface area contributed by atoms with Crippen LogP contribution in [0.2, 0.25) is 0 Å². The molecule has 18 heavy (non-hydrogen) atoms. The average Bonchev–Trinajstić information content (AvgIpc) is 3.00. The molecule has 0 spiro atoms. The highest BCUT2D eigenvalue weighted by atomic mass is 16.5. The molecule has 0 aromatic heterocycles. The largest absolute Gasteiger partial charge is 0.365 e. The van der Waals surface area contributed by atoms with E-state index in [4.69, 9.17) is 10.5 Å². The lowest BCUT2D eigenvalue weighted by atomic mass is 10.1. The summed E-state index contributed by atoms with van der Waals surface area (Å²) in [6.07, 6.45) is 7.62. The third-order valence-corrected chi connectivity index (χ3v) is 4.16. The molecule has 2 N–H and O–H groups in total. The van der Waals surface area contributed by atoms with Gasteiger partial charge in [-0.1, -0.05) is 12.8 Å². The first-order valence-corrected chi connectivity index (χ1v) is 7.38. The van der Waals surface area contributed by atoms with Crippen molar-refractivity contribution in [2.45, 2.75) is 70.1 Å². The number of nitrogens with zero attached hydrogens (tertiary/aromatic N) is 1. The molecule has 0 radical (unpaired) electrons. The summed E-state index contributed by atoms with van der Waals surface area (Å²) in [5, 5.41) is 0. The molecule has 4 heteroatoms. The van der Waals surface area contributed by atoms with Crippen molar-refractivity contribution in [1.82, 2.24) is 4.90 Å². The van der Waals surface area contributed by atoms with E-state index < -0.39 is 0 Å². The second kappa shape index (κ2) is 6.53. The summed E-state index contributed by atoms with van der Waals surface area (Å²) in [6, 6.07) is 0.434. The molecule has 2 aliphatic rings. The number of nitrogens with two attached hydrogens (primary N) is 1. The molecular weight excluding hydrogens is 228 g/mol. The average molecular weight is 254 g/mol. The fourth-order valence-corrected chi connectivity index (χ4v) is 3.12. The molecule has 2 rings (SSSR count). The minimum absolute atomic E-state index is 0.196. The number of hydrogen-bond donors (Lipinski definition) is 1. The number of rotatable bonds is 5. The predicted octanol–water partition coefficient (Wildman–Crippen LogP) is 1.67. The van der Waals surface area contributed by atoms with Gasteiger partial charge in [0.2, 0.25) is 0 Å². The van der Waals surface area contributed by atoms with Crippen molar-refractivity contribution < 1.29 is 9.53 Å². The van der Waals surface area contributed by atoms with Crippen molar-refractivity contribution >= 4 is 5.91 Å². The summed E-state index contributed by atoms with van der Waals surface area (Å²) >= 11 is 0. The van der Waals surface area contributed by atoms with E-state index in [2.05, 4.69) is 4.90 Å². The molecule has 2 fully saturated rings. The van der Waals surface area contributed by atoms with Gasteiger partial charge < -0.3 is 15.4 Å². The van der Waals surface area contributed by atoms with Crippen molar-refractivity contribution in [2.75, 3.05) is 13.1 Å². The van der Waals surface area contributed by atoms with Crippen LogP contribution in [0.25, 0.3) is 0 Å². The minimum atomic E-state index is -0.196. The van der Waals surface area contributed by atoms with Gasteiger partial charge in [0, 0.05) is 12.6 Å². The molecule has 0 aromatic rings. The van der Waals surface area contributed by atoms with Crippen LogP contribution >= 0.6 is 0 Å². The molecule has 4 nitrogen and oxygen atoms in total. The SMILES string of the molecule is CC1CCC(C(=O)N(CCCN)C2CCCC2)O1. The number of hydrogen-bond acceptors (Lipinski definition) is 3. The van der Waals surface area contributed by atoms with E-state index in [-0.39, 0.29) is 18.1 Å². The topological polar surface area (TPSA) is 55.6 Å². The van der Waals surface area contributed by atoms with Crippen LogP contribution in [0, 0.1) is 0 Å². The highest BCUT2D eigenvalue weighted by Gasteiger charge is 2.35.